The lowest BCUT2D eigenvalue weighted by Crippen LogP contribution is -2.19. The lowest BCUT2D eigenvalue weighted by Gasteiger charge is -2.12. The molecule has 0 saturated heterocycles. The van der Waals surface area contributed by atoms with Gasteiger partial charge in [-0.3, -0.25) is 0 Å². The zero-order valence-electron chi connectivity index (χ0n) is 7.20. The fourth-order valence-corrected chi connectivity index (χ4v) is 2.67. The Bertz CT molecular complexity index is 395. The molecule has 3 N–H and O–H groups in total. The molecule has 1 aromatic carbocycles. The van der Waals surface area contributed by atoms with Gasteiger partial charge in [-0.25, -0.2) is 0 Å². The van der Waals surface area contributed by atoms with Gasteiger partial charge in [0.15, 0.2) is 5.11 Å². The van der Waals surface area contributed by atoms with E-state index in [9.17, 15) is 0 Å². The molecule has 0 atom stereocenters. The number of hydrogen-bond donors (Lipinski definition) is 2. The predicted octanol–water partition coefficient (Wildman–Crippen LogP) is 3.83. The summed E-state index contributed by atoms with van der Waals surface area (Å²) in [6.45, 7) is 1.94. The van der Waals surface area contributed by atoms with Crippen LogP contribution in [0.3, 0.4) is 0 Å². The molecule has 0 saturated carbocycles. The smallest absolute Gasteiger partial charge is 0.168 e. The fraction of sp³-hybridized carbons (Fsp3) is 0.125. The van der Waals surface area contributed by atoms with Gasteiger partial charge in [-0.15, -0.1) is 0 Å². The SMILES string of the molecule is Cc1cc(Br)c(Cl)c(Br)c1NC(N)=S. The average Bonchev–Trinajstić information content (AvgIpc) is 2.09. The topological polar surface area (TPSA) is 38.0 Å². The van der Waals surface area contributed by atoms with Crippen molar-refractivity contribution in [2.45, 2.75) is 6.92 Å². The molecule has 2 nitrogen and oxygen atoms in total. The minimum atomic E-state index is 0.215. The number of nitrogens with one attached hydrogen (secondary N) is 1. The van der Waals surface area contributed by atoms with Gasteiger partial charge in [0.2, 0.25) is 0 Å². The summed E-state index contributed by atoms with van der Waals surface area (Å²) in [5, 5.41) is 3.67. The highest BCUT2D eigenvalue weighted by Gasteiger charge is 2.11. The zero-order valence-corrected chi connectivity index (χ0v) is 11.9. The average molecular weight is 358 g/mol. The van der Waals surface area contributed by atoms with Crippen molar-refractivity contribution in [3.05, 3.63) is 25.6 Å². The molecular formula is C8H7Br2ClN2S. The Morgan fingerprint density at radius 3 is 2.64 bits per heavy atom. The van der Waals surface area contributed by atoms with Gasteiger partial charge in [-0.2, -0.15) is 0 Å². The number of nitrogens with two attached hydrogens (primary N) is 1. The standard InChI is InChI=1S/C8H7Br2ClN2S/c1-3-2-4(9)6(11)5(10)7(3)13-8(12)14/h2H,1H3,(H3,12,13,14). The van der Waals surface area contributed by atoms with Crippen LogP contribution in [0, 0.1) is 6.92 Å². The van der Waals surface area contributed by atoms with Crippen LogP contribution >= 0.6 is 55.7 Å². The number of hydrogen-bond acceptors (Lipinski definition) is 1. The third-order valence-corrected chi connectivity index (χ3v) is 3.98. The van der Waals surface area contributed by atoms with E-state index in [0.717, 1.165) is 20.2 Å². The van der Waals surface area contributed by atoms with Crippen molar-refractivity contribution in [1.82, 2.24) is 0 Å². The third-order valence-electron chi connectivity index (χ3n) is 1.61. The van der Waals surface area contributed by atoms with E-state index in [2.05, 4.69) is 37.2 Å². The highest BCUT2D eigenvalue weighted by Crippen LogP contribution is 2.38. The van der Waals surface area contributed by atoms with Gasteiger partial charge >= 0.3 is 0 Å². The fourth-order valence-electron chi connectivity index (χ4n) is 0.990. The van der Waals surface area contributed by atoms with E-state index in [-0.39, 0.29) is 5.11 Å². The third kappa shape index (κ3) is 2.59. The van der Waals surface area contributed by atoms with Crippen LogP contribution in [0.4, 0.5) is 5.69 Å². The van der Waals surface area contributed by atoms with Crippen LogP contribution in [-0.4, -0.2) is 5.11 Å². The van der Waals surface area contributed by atoms with Crippen molar-refractivity contribution in [2.24, 2.45) is 5.73 Å². The van der Waals surface area contributed by atoms with Crippen molar-refractivity contribution in [3.63, 3.8) is 0 Å². The summed E-state index contributed by atoms with van der Waals surface area (Å²) in [7, 11) is 0. The van der Waals surface area contributed by atoms with Crippen molar-refractivity contribution in [1.29, 1.82) is 0 Å². The molecule has 0 aliphatic rings. The quantitative estimate of drug-likeness (QED) is 0.592. The first-order valence-electron chi connectivity index (χ1n) is 3.64. The van der Waals surface area contributed by atoms with Crippen LogP contribution in [0.5, 0.6) is 0 Å². The van der Waals surface area contributed by atoms with Crippen LogP contribution in [0.15, 0.2) is 15.0 Å². The molecule has 0 fully saturated rings. The summed E-state index contributed by atoms with van der Waals surface area (Å²) < 4.78 is 1.58. The molecule has 0 aromatic heterocycles. The molecule has 1 aromatic rings. The monoisotopic (exact) mass is 356 g/mol. The van der Waals surface area contributed by atoms with E-state index in [1.54, 1.807) is 0 Å². The minimum Gasteiger partial charge on any atom is -0.376 e. The molecule has 0 aliphatic carbocycles. The van der Waals surface area contributed by atoms with E-state index < -0.39 is 0 Å². The highest BCUT2D eigenvalue weighted by molar-refractivity contribution is 9.11. The van der Waals surface area contributed by atoms with Crippen molar-refractivity contribution in [2.75, 3.05) is 5.32 Å². The molecular weight excluding hydrogens is 351 g/mol. The second kappa shape index (κ2) is 4.79. The van der Waals surface area contributed by atoms with E-state index in [1.807, 2.05) is 13.0 Å². The number of anilines is 1. The van der Waals surface area contributed by atoms with Crippen molar-refractivity contribution >= 4 is 66.5 Å². The number of thiocarbonyl (C=S) groups is 1. The molecule has 6 heteroatoms. The number of rotatable bonds is 1. The molecule has 14 heavy (non-hydrogen) atoms. The first-order chi connectivity index (χ1) is 6.43. The molecule has 1 rings (SSSR count). The molecule has 76 valence electrons. The maximum Gasteiger partial charge on any atom is 0.168 e. The number of benzene rings is 1. The Hall–Kier alpha value is 0.160. The first kappa shape index (κ1) is 12.2. The molecule has 0 unspecified atom stereocenters. The molecule has 0 bridgehead atoms. The summed E-state index contributed by atoms with van der Waals surface area (Å²) in [5.74, 6) is 0. The summed E-state index contributed by atoms with van der Waals surface area (Å²) in [4.78, 5) is 0. The van der Waals surface area contributed by atoms with Crippen LogP contribution in [-0.2, 0) is 0 Å². The van der Waals surface area contributed by atoms with Crippen molar-refractivity contribution < 1.29 is 0 Å². The van der Waals surface area contributed by atoms with Crippen LogP contribution in [0.1, 0.15) is 5.56 Å². The Balaban J connectivity index is 3.29. The number of aryl methyl sites for hydroxylation is 1. The van der Waals surface area contributed by atoms with E-state index >= 15 is 0 Å². The Morgan fingerprint density at radius 1 is 1.57 bits per heavy atom. The number of halogens is 3. The minimum absolute atomic E-state index is 0.215. The normalized spacial score (nSPS) is 10.0. The maximum atomic E-state index is 6.02. The summed E-state index contributed by atoms with van der Waals surface area (Å²) >= 11 is 17.5. The first-order valence-corrected chi connectivity index (χ1v) is 6.01. The lowest BCUT2D eigenvalue weighted by atomic mass is 10.2. The van der Waals surface area contributed by atoms with Crippen LogP contribution < -0.4 is 11.1 Å². The maximum absolute atomic E-state index is 6.02. The largest absolute Gasteiger partial charge is 0.376 e. The van der Waals surface area contributed by atoms with Crippen molar-refractivity contribution in [3.8, 4) is 0 Å². The van der Waals surface area contributed by atoms with Gasteiger partial charge in [-0.05, 0) is 62.6 Å². The predicted molar refractivity (Wildman–Crippen MR) is 72.0 cm³/mol. The summed E-state index contributed by atoms with van der Waals surface area (Å²) in [5.41, 5.74) is 7.19. The second-order valence-corrected chi connectivity index (χ2v) is 5.13. The molecule has 0 amide bonds. The summed E-state index contributed by atoms with van der Waals surface area (Å²) in [6.07, 6.45) is 0. The van der Waals surface area contributed by atoms with Gasteiger partial charge in [0, 0.05) is 4.47 Å². The Labute approximate surface area is 109 Å². The Kier molecular flexibility index (Phi) is 4.18. The second-order valence-electron chi connectivity index (χ2n) is 2.67. The molecule has 0 radical (unpaired) electrons. The van der Waals surface area contributed by atoms with Crippen LogP contribution in [0.25, 0.3) is 0 Å². The van der Waals surface area contributed by atoms with Crippen LogP contribution in [0.2, 0.25) is 5.02 Å². The Morgan fingerprint density at radius 2 is 2.14 bits per heavy atom. The molecule has 0 heterocycles. The molecule has 0 aliphatic heterocycles. The lowest BCUT2D eigenvalue weighted by molar-refractivity contribution is 1.41. The highest BCUT2D eigenvalue weighted by atomic mass is 79.9. The van der Waals surface area contributed by atoms with Gasteiger partial charge in [0.25, 0.3) is 0 Å². The van der Waals surface area contributed by atoms with E-state index in [1.165, 1.54) is 0 Å². The van der Waals surface area contributed by atoms with Gasteiger partial charge in [0.1, 0.15) is 0 Å². The zero-order chi connectivity index (χ0) is 10.9. The molecule has 0 spiro atoms. The van der Waals surface area contributed by atoms with Gasteiger partial charge in [-0.1, -0.05) is 11.6 Å². The van der Waals surface area contributed by atoms with Gasteiger partial charge < -0.3 is 11.1 Å². The summed E-state index contributed by atoms with van der Waals surface area (Å²) in [6, 6.07) is 1.90. The van der Waals surface area contributed by atoms with E-state index in [4.69, 9.17) is 29.6 Å². The van der Waals surface area contributed by atoms with E-state index in [0.29, 0.717) is 5.02 Å². The van der Waals surface area contributed by atoms with Gasteiger partial charge in [0.05, 0.1) is 15.2 Å².